The first-order chi connectivity index (χ1) is 6.75. The summed E-state index contributed by atoms with van der Waals surface area (Å²) < 4.78 is 7.40. The van der Waals surface area contributed by atoms with Crippen LogP contribution in [0, 0.1) is 0 Å². The molecule has 0 saturated carbocycles. The van der Waals surface area contributed by atoms with Crippen LogP contribution < -0.4 is 11.2 Å². The highest BCUT2D eigenvalue weighted by Crippen LogP contribution is 2.13. The van der Waals surface area contributed by atoms with Crippen LogP contribution in [0.3, 0.4) is 0 Å². The number of anilines is 1. The zero-order valence-electron chi connectivity index (χ0n) is 7.98. The Morgan fingerprint density at radius 2 is 2.50 bits per heavy atom. The van der Waals surface area contributed by atoms with Gasteiger partial charge in [-0.2, -0.15) is 0 Å². The molecule has 0 spiro atoms. The second-order valence-electron chi connectivity index (χ2n) is 3.60. The van der Waals surface area contributed by atoms with Gasteiger partial charge in [0.15, 0.2) is 0 Å². The summed E-state index contributed by atoms with van der Waals surface area (Å²) in [7, 11) is 0. The first-order valence-electron chi connectivity index (χ1n) is 4.83. The van der Waals surface area contributed by atoms with Crippen molar-refractivity contribution < 1.29 is 4.74 Å². The van der Waals surface area contributed by atoms with Crippen molar-refractivity contribution >= 4 is 5.69 Å². The van der Waals surface area contributed by atoms with Crippen LogP contribution in [0.2, 0.25) is 0 Å². The molecule has 1 aliphatic rings. The Balaban J connectivity index is 2.09. The molecule has 14 heavy (non-hydrogen) atoms. The normalized spacial score (nSPS) is 21.3. The molecule has 0 unspecified atom stereocenters. The molecule has 2 heterocycles. The first kappa shape index (κ1) is 9.27. The molecule has 0 amide bonds. The van der Waals surface area contributed by atoms with Crippen molar-refractivity contribution in [1.29, 1.82) is 0 Å². The van der Waals surface area contributed by atoms with Gasteiger partial charge in [0.25, 0.3) is 0 Å². The second-order valence-corrected chi connectivity index (χ2v) is 3.60. The van der Waals surface area contributed by atoms with Gasteiger partial charge in [0, 0.05) is 31.6 Å². The van der Waals surface area contributed by atoms with Gasteiger partial charge >= 0.3 is 0 Å². The fourth-order valence-electron chi connectivity index (χ4n) is 1.68. The highest BCUT2D eigenvalue weighted by molar-refractivity contribution is 5.33. The number of aromatic nitrogens is 1. The molecule has 76 valence electrons. The molecule has 1 saturated heterocycles. The number of hydrogen-bond donors (Lipinski definition) is 1. The molecule has 1 fully saturated rings. The van der Waals surface area contributed by atoms with Crippen LogP contribution in [0.4, 0.5) is 5.69 Å². The lowest BCUT2D eigenvalue weighted by molar-refractivity contribution is 0.0969. The van der Waals surface area contributed by atoms with Gasteiger partial charge in [0.05, 0.1) is 11.8 Å². The number of nitrogen functional groups attached to an aromatic ring is 1. The predicted octanol–water partition coefficient (Wildman–Crippen LogP) is 0.610. The lowest BCUT2D eigenvalue weighted by Gasteiger charge is -2.12. The van der Waals surface area contributed by atoms with Crippen LogP contribution in [-0.4, -0.2) is 17.3 Å². The lowest BCUT2D eigenvalue weighted by Crippen LogP contribution is -2.17. The van der Waals surface area contributed by atoms with E-state index >= 15 is 0 Å². The van der Waals surface area contributed by atoms with Gasteiger partial charge in [0.1, 0.15) is 0 Å². The van der Waals surface area contributed by atoms with Crippen LogP contribution >= 0.6 is 0 Å². The van der Waals surface area contributed by atoms with E-state index in [2.05, 4.69) is 0 Å². The molecular weight excluding hydrogens is 180 g/mol. The maximum Gasteiger partial charge on any atom is 0.204 e. The number of rotatable bonds is 2. The zero-order valence-corrected chi connectivity index (χ0v) is 7.98. The van der Waals surface area contributed by atoms with Crippen molar-refractivity contribution in [3.63, 3.8) is 0 Å². The second kappa shape index (κ2) is 3.84. The summed E-state index contributed by atoms with van der Waals surface area (Å²) >= 11 is 0. The maximum absolute atomic E-state index is 11.0. The third kappa shape index (κ3) is 1.96. The van der Waals surface area contributed by atoms with Gasteiger partial charge < -0.3 is 15.0 Å². The van der Waals surface area contributed by atoms with Crippen molar-refractivity contribution in [2.24, 2.45) is 0 Å². The van der Waals surface area contributed by atoms with Crippen molar-refractivity contribution in [2.45, 2.75) is 25.5 Å². The van der Waals surface area contributed by atoms with Crippen molar-refractivity contribution in [3.05, 3.63) is 28.7 Å². The Morgan fingerprint density at radius 3 is 3.14 bits per heavy atom. The van der Waals surface area contributed by atoms with Crippen LogP contribution in [0.5, 0.6) is 0 Å². The Morgan fingerprint density at radius 1 is 1.64 bits per heavy atom. The summed E-state index contributed by atoms with van der Waals surface area (Å²) in [5.41, 5.74) is 5.70. The van der Waals surface area contributed by atoms with Gasteiger partial charge in [-0.15, -0.1) is 0 Å². The number of nitrogens with zero attached hydrogens (tertiary/aromatic N) is 1. The largest absolute Gasteiger partial charge is 0.394 e. The predicted molar refractivity (Wildman–Crippen MR) is 54.1 cm³/mol. The van der Waals surface area contributed by atoms with Crippen molar-refractivity contribution in [3.8, 4) is 0 Å². The topological polar surface area (TPSA) is 57.2 Å². The van der Waals surface area contributed by atoms with E-state index in [1.54, 1.807) is 12.4 Å². The fraction of sp³-hybridized carbons (Fsp3) is 0.500. The van der Waals surface area contributed by atoms with E-state index in [0.29, 0.717) is 5.69 Å². The molecule has 4 nitrogen and oxygen atoms in total. The van der Waals surface area contributed by atoms with Gasteiger partial charge in [-0.05, 0) is 12.8 Å². The average molecular weight is 194 g/mol. The Bertz CT molecular complexity index is 367. The summed E-state index contributed by atoms with van der Waals surface area (Å²) in [4.78, 5) is 11.0. The van der Waals surface area contributed by atoms with Gasteiger partial charge in [0.2, 0.25) is 5.43 Å². The number of hydrogen-bond acceptors (Lipinski definition) is 3. The summed E-state index contributed by atoms with van der Waals surface area (Å²) in [6.45, 7) is 1.63. The van der Waals surface area contributed by atoms with Crippen LogP contribution in [-0.2, 0) is 11.3 Å². The van der Waals surface area contributed by atoms with Crippen LogP contribution in [0.15, 0.2) is 23.3 Å². The fourth-order valence-corrected chi connectivity index (χ4v) is 1.68. The van der Waals surface area contributed by atoms with E-state index in [9.17, 15) is 4.79 Å². The molecule has 1 aromatic rings. The lowest BCUT2D eigenvalue weighted by atomic mass is 10.2. The number of ether oxygens (including phenoxy) is 1. The smallest absolute Gasteiger partial charge is 0.204 e. The SMILES string of the molecule is Nc1cn(C[C@H]2CCCO2)ccc1=O. The molecule has 2 rings (SSSR count). The monoisotopic (exact) mass is 194 g/mol. The molecule has 1 atom stereocenters. The summed E-state index contributed by atoms with van der Waals surface area (Å²) in [5, 5.41) is 0. The molecule has 2 N–H and O–H groups in total. The minimum atomic E-state index is -0.117. The van der Waals surface area contributed by atoms with E-state index in [0.717, 1.165) is 26.0 Å². The minimum absolute atomic E-state index is 0.117. The average Bonchev–Trinajstić information content (AvgIpc) is 2.64. The molecule has 1 aromatic heterocycles. The third-order valence-corrected chi connectivity index (χ3v) is 2.45. The Kier molecular flexibility index (Phi) is 2.54. The Hall–Kier alpha value is -1.29. The summed E-state index contributed by atoms with van der Waals surface area (Å²) in [6.07, 6.45) is 5.91. The highest BCUT2D eigenvalue weighted by atomic mass is 16.5. The van der Waals surface area contributed by atoms with E-state index in [-0.39, 0.29) is 11.5 Å². The highest BCUT2D eigenvalue weighted by Gasteiger charge is 2.15. The number of nitrogens with two attached hydrogens (primary N) is 1. The van der Waals surface area contributed by atoms with Crippen LogP contribution in [0.1, 0.15) is 12.8 Å². The van der Waals surface area contributed by atoms with Crippen molar-refractivity contribution in [1.82, 2.24) is 4.57 Å². The quantitative estimate of drug-likeness (QED) is 0.750. The minimum Gasteiger partial charge on any atom is -0.394 e. The van der Waals surface area contributed by atoms with E-state index in [1.807, 2.05) is 4.57 Å². The molecule has 0 aliphatic carbocycles. The molecule has 0 bridgehead atoms. The van der Waals surface area contributed by atoms with Crippen molar-refractivity contribution in [2.75, 3.05) is 12.3 Å². The molecule has 0 aromatic carbocycles. The van der Waals surface area contributed by atoms with Gasteiger partial charge in [-0.3, -0.25) is 4.79 Å². The summed E-state index contributed by atoms with van der Waals surface area (Å²) in [5.74, 6) is 0. The molecular formula is C10H14N2O2. The molecule has 0 radical (unpaired) electrons. The third-order valence-electron chi connectivity index (χ3n) is 2.45. The van der Waals surface area contributed by atoms with Crippen LogP contribution in [0.25, 0.3) is 0 Å². The standard InChI is InChI=1S/C10H14N2O2/c11-9-7-12(4-3-10(9)13)6-8-2-1-5-14-8/h3-4,7-8H,1-2,5-6,11H2/t8-/m1/s1. The summed E-state index contributed by atoms with van der Waals surface area (Å²) in [6, 6.07) is 1.49. The number of pyridine rings is 1. The van der Waals surface area contributed by atoms with Gasteiger partial charge in [-0.1, -0.05) is 0 Å². The first-order valence-corrected chi connectivity index (χ1v) is 4.83. The van der Waals surface area contributed by atoms with E-state index in [4.69, 9.17) is 10.5 Å². The molecule has 4 heteroatoms. The van der Waals surface area contributed by atoms with E-state index in [1.165, 1.54) is 6.07 Å². The Labute approximate surface area is 82.3 Å². The maximum atomic E-state index is 11.0. The zero-order chi connectivity index (χ0) is 9.97. The van der Waals surface area contributed by atoms with Gasteiger partial charge in [-0.25, -0.2) is 0 Å². The molecule has 1 aliphatic heterocycles. The van der Waals surface area contributed by atoms with E-state index < -0.39 is 0 Å².